The predicted molar refractivity (Wildman–Crippen MR) is 97.9 cm³/mol. The molecule has 0 aromatic rings. The molecule has 0 aromatic carbocycles. The first-order chi connectivity index (χ1) is 11.9. The van der Waals surface area contributed by atoms with Gasteiger partial charge >= 0.3 is 0 Å². The average molecular weight is 355 g/mol. The van der Waals surface area contributed by atoms with Crippen LogP contribution in [0.15, 0.2) is 0 Å². The molecule has 25 heavy (non-hydrogen) atoms. The third kappa shape index (κ3) is 5.18. The predicted octanol–water partition coefficient (Wildman–Crippen LogP) is 2.86. The summed E-state index contributed by atoms with van der Waals surface area (Å²) in [6, 6.07) is 0. The van der Waals surface area contributed by atoms with Gasteiger partial charge in [-0.3, -0.25) is 0 Å². The quantitative estimate of drug-likeness (QED) is 0.626. The Balaban J connectivity index is 1.51. The van der Waals surface area contributed by atoms with Gasteiger partial charge in [-0.1, -0.05) is 6.92 Å². The number of aliphatic hydroxyl groups is 4. The molecule has 9 atom stereocenters. The first-order valence-corrected chi connectivity index (χ1v) is 10.6. The van der Waals surface area contributed by atoms with Gasteiger partial charge in [-0.2, -0.15) is 0 Å². The lowest BCUT2D eigenvalue weighted by Gasteiger charge is -2.40. The highest BCUT2D eigenvalue weighted by atomic mass is 16.3. The number of hydrogen-bond donors (Lipinski definition) is 4. The Morgan fingerprint density at radius 3 is 1.84 bits per heavy atom. The Bertz CT molecular complexity index is 415. The van der Waals surface area contributed by atoms with Crippen molar-refractivity contribution in [1.82, 2.24) is 0 Å². The molecular formula is C21H38O4. The highest BCUT2D eigenvalue weighted by molar-refractivity contribution is 4.88. The van der Waals surface area contributed by atoms with Crippen LogP contribution >= 0.6 is 0 Å². The molecule has 4 heteroatoms. The first-order valence-electron chi connectivity index (χ1n) is 10.6. The lowest BCUT2D eigenvalue weighted by atomic mass is 9.68. The van der Waals surface area contributed by atoms with E-state index in [1.54, 1.807) is 0 Å². The summed E-state index contributed by atoms with van der Waals surface area (Å²) >= 11 is 0. The van der Waals surface area contributed by atoms with Crippen molar-refractivity contribution in [3.63, 3.8) is 0 Å². The van der Waals surface area contributed by atoms with E-state index in [1.807, 2.05) is 0 Å². The van der Waals surface area contributed by atoms with Crippen LogP contribution in [0.3, 0.4) is 0 Å². The standard InChI is InChI=1S/C21H38O4/c1-13-8-14(2-5-19(13)23)9-15-3-6-20(24)16(10-15)11-17-12-18(22)4-7-21(17)25/h13-25H,2-12H2,1H3. The maximum Gasteiger partial charge on any atom is 0.0570 e. The maximum absolute atomic E-state index is 10.5. The Labute approximate surface area is 152 Å². The van der Waals surface area contributed by atoms with Crippen LogP contribution in [0.1, 0.15) is 77.6 Å². The van der Waals surface area contributed by atoms with Crippen molar-refractivity contribution < 1.29 is 20.4 Å². The summed E-state index contributed by atoms with van der Waals surface area (Å²) in [6.45, 7) is 2.17. The molecule has 0 radical (unpaired) electrons. The summed E-state index contributed by atoms with van der Waals surface area (Å²) in [5.41, 5.74) is 0. The van der Waals surface area contributed by atoms with Crippen LogP contribution in [-0.2, 0) is 0 Å². The van der Waals surface area contributed by atoms with Gasteiger partial charge in [0, 0.05) is 0 Å². The minimum absolute atomic E-state index is 0.114. The number of aliphatic hydroxyl groups excluding tert-OH is 4. The Kier molecular flexibility index (Phi) is 6.81. The fraction of sp³-hybridized carbons (Fsp3) is 1.00. The van der Waals surface area contributed by atoms with E-state index >= 15 is 0 Å². The molecule has 3 saturated carbocycles. The molecular weight excluding hydrogens is 316 g/mol. The second kappa shape index (κ2) is 8.69. The SMILES string of the molecule is CC1CC(CC2CCC(O)C(CC3CC(O)CCC3O)C2)CCC1O. The molecule has 3 fully saturated rings. The normalized spacial score (nSPS) is 49.1. The summed E-state index contributed by atoms with van der Waals surface area (Å²) in [4.78, 5) is 0. The molecule has 0 spiro atoms. The monoisotopic (exact) mass is 354 g/mol. The van der Waals surface area contributed by atoms with Crippen molar-refractivity contribution in [2.45, 2.75) is 102 Å². The van der Waals surface area contributed by atoms with Crippen LogP contribution in [0.5, 0.6) is 0 Å². The molecule has 4 nitrogen and oxygen atoms in total. The molecule has 3 rings (SSSR count). The summed E-state index contributed by atoms with van der Waals surface area (Å²) < 4.78 is 0. The number of hydrogen-bond acceptors (Lipinski definition) is 4. The van der Waals surface area contributed by atoms with Crippen LogP contribution in [-0.4, -0.2) is 44.8 Å². The smallest absolute Gasteiger partial charge is 0.0570 e. The molecule has 0 amide bonds. The van der Waals surface area contributed by atoms with Gasteiger partial charge in [-0.15, -0.1) is 0 Å². The summed E-state index contributed by atoms with van der Waals surface area (Å²) in [6.07, 6.45) is 9.51. The minimum atomic E-state index is -0.309. The largest absolute Gasteiger partial charge is 0.393 e. The van der Waals surface area contributed by atoms with Crippen LogP contribution < -0.4 is 0 Å². The highest BCUT2D eigenvalue weighted by Crippen LogP contribution is 2.42. The molecule has 3 aliphatic rings. The second-order valence-corrected chi connectivity index (χ2v) is 9.50. The molecule has 9 unspecified atom stereocenters. The van der Waals surface area contributed by atoms with Gasteiger partial charge in [0.1, 0.15) is 0 Å². The van der Waals surface area contributed by atoms with Gasteiger partial charge < -0.3 is 20.4 Å². The molecule has 0 aromatic heterocycles. The van der Waals surface area contributed by atoms with Crippen LogP contribution in [0.25, 0.3) is 0 Å². The Hall–Kier alpha value is -0.160. The Morgan fingerprint density at radius 1 is 0.600 bits per heavy atom. The first kappa shape index (κ1) is 19.6. The van der Waals surface area contributed by atoms with E-state index in [2.05, 4.69) is 6.92 Å². The van der Waals surface area contributed by atoms with Crippen molar-refractivity contribution in [2.75, 3.05) is 0 Å². The zero-order valence-corrected chi connectivity index (χ0v) is 15.8. The van der Waals surface area contributed by atoms with Crippen LogP contribution in [0.2, 0.25) is 0 Å². The van der Waals surface area contributed by atoms with Crippen molar-refractivity contribution in [3.8, 4) is 0 Å². The molecule has 0 saturated heterocycles. The van der Waals surface area contributed by atoms with Crippen molar-refractivity contribution in [1.29, 1.82) is 0 Å². The summed E-state index contributed by atoms with van der Waals surface area (Å²) in [7, 11) is 0. The second-order valence-electron chi connectivity index (χ2n) is 9.50. The van der Waals surface area contributed by atoms with Gasteiger partial charge in [0.05, 0.1) is 24.4 Å². The van der Waals surface area contributed by atoms with Crippen molar-refractivity contribution in [2.24, 2.45) is 29.6 Å². The van der Waals surface area contributed by atoms with E-state index in [9.17, 15) is 20.4 Å². The molecule has 4 N–H and O–H groups in total. The highest BCUT2D eigenvalue weighted by Gasteiger charge is 2.36. The average Bonchev–Trinajstić information content (AvgIpc) is 2.57. The van der Waals surface area contributed by atoms with Gasteiger partial charge in [0.15, 0.2) is 0 Å². The molecule has 3 aliphatic carbocycles. The van der Waals surface area contributed by atoms with Crippen molar-refractivity contribution >= 4 is 0 Å². The van der Waals surface area contributed by atoms with E-state index in [0.29, 0.717) is 31.1 Å². The lowest BCUT2D eigenvalue weighted by molar-refractivity contribution is -0.0294. The van der Waals surface area contributed by atoms with Gasteiger partial charge in [-0.05, 0) is 100 Å². The minimum Gasteiger partial charge on any atom is -0.393 e. The van der Waals surface area contributed by atoms with Crippen molar-refractivity contribution in [3.05, 3.63) is 0 Å². The van der Waals surface area contributed by atoms with E-state index in [4.69, 9.17) is 0 Å². The lowest BCUT2D eigenvalue weighted by Crippen LogP contribution is -2.37. The zero-order valence-electron chi connectivity index (χ0n) is 15.8. The fourth-order valence-corrected chi connectivity index (χ4v) is 5.86. The van der Waals surface area contributed by atoms with Crippen LogP contribution in [0, 0.1) is 29.6 Å². The molecule has 0 bridgehead atoms. The molecule has 0 aliphatic heterocycles. The third-order valence-corrected chi connectivity index (χ3v) is 7.47. The number of rotatable bonds is 4. The van der Waals surface area contributed by atoms with E-state index in [1.165, 1.54) is 6.42 Å². The van der Waals surface area contributed by atoms with E-state index in [0.717, 1.165) is 50.9 Å². The maximum atomic E-state index is 10.5. The third-order valence-electron chi connectivity index (χ3n) is 7.47. The summed E-state index contributed by atoms with van der Waals surface area (Å²) in [5.74, 6) is 2.23. The molecule has 0 heterocycles. The van der Waals surface area contributed by atoms with Gasteiger partial charge in [0.2, 0.25) is 0 Å². The zero-order chi connectivity index (χ0) is 18.0. The van der Waals surface area contributed by atoms with Gasteiger partial charge in [-0.25, -0.2) is 0 Å². The summed E-state index contributed by atoms with van der Waals surface area (Å²) in [5, 5.41) is 40.6. The van der Waals surface area contributed by atoms with E-state index in [-0.39, 0.29) is 36.3 Å². The topological polar surface area (TPSA) is 80.9 Å². The molecule has 146 valence electrons. The Morgan fingerprint density at radius 2 is 1.16 bits per heavy atom. The van der Waals surface area contributed by atoms with Gasteiger partial charge in [0.25, 0.3) is 0 Å². The van der Waals surface area contributed by atoms with Crippen LogP contribution in [0.4, 0.5) is 0 Å². The fourth-order valence-electron chi connectivity index (χ4n) is 5.86. The van der Waals surface area contributed by atoms with E-state index < -0.39 is 0 Å².